The predicted octanol–water partition coefficient (Wildman–Crippen LogP) is 3.09. The SMILES string of the molecule is O=C(COc1ccc(Cl)cc1Cl)NC1CC2C(=O)Nc3ccccc3N2C1. The number of rotatable bonds is 4. The zero-order valence-corrected chi connectivity index (χ0v) is 15.8. The minimum atomic E-state index is -0.281. The van der Waals surface area contributed by atoms with Crippen molar-refractivity contribution < 1.29 is 14.3 Å². The number of benzene rings is 2. The largest absolute Gasteiger partial charge is 0.482 e. The third-order valence-corrected chi connectivity index (χ3v) is 5.22. The van der Waals surface area contributed by atoms with E-state index in [0.29, 0.717) is 28.8 Å². The zero-order chi connectivity index (χ0) is 19.0. The molecule has 2 amide bonds. The summed E-state index contributed by atoms with van der Waals surface area (Å²) in [7, 11) is 0. The number of halogens is 2. The molecule has 8 heteroatoms. The fourth-order valence-corrected chi connectivity index (χ4v) is 3.97. The van der Waals surface area contributed by atoms with Crippen LogP contribution in [0.15, 0.2) is 42.5 Å². The van der Waals surface area contributed by atoms with Crippen LogP contribution in [0.5, 0.6) is 5.75 Å². The van der Waals surface area contributed by atoms with Gasteiger partial charge >= 0.3 is 0 Å². The second-order valence-corrected chi connectivity index (χ2v) is 7.38. The Morgan fingerprint density at radius 2 is 2.07 bits per heavy atom. The standard InChI is InChI=1S/C19H17Cl2N3O3/c20-11-5-6-17(13(21)7-11)27-10-18(25)22-12-8-16-19(26)23-14-3-1-2-4-15(14)24(16)9-12/h1-7,12,16H,8-10H2,(H,22,25)(H,23,26). The molecule has 140 valence electrons. The molecule has 2 heterocycles. The van der Waals surface area contributed by atoms with Crippen LogP contribution in [-0.2, 0) is 9.59 Å². The number of ether oxygens (including phenoxy) is 1. The summed E-state index contributed by atoms with van der Waals surface area (Å²) in [6.45, 7) is 0.411. The molecule has 0 aliphatic carbocycles. The molecule has 4 rings (SSSR count). The Kier molecular flexibility index (Phi) is 4.85. The highest BCUT2D eigenvalue weighted by molar-refractivity contribution is 6.35. The van der Waals surface area contributed by atoms with E-state index in [1.165, 1.54) is 0 Å². The van der Waals surface area contributed by atoms with E-state index >= 15 is 0 Å². The van der Waals surface area contributed by atoms with Crippen molar-refractivity contribution in [3.8, 4) is 5.75 Å². The smallest absolute Gasteiger partial charge is 0.258 e. The second-order valence-electron chi connectivity index (χ2n) is 6.54. The molecule has 2 N–H and O–H groups in total. The highest BCUT2D eigenvalue weighted by Gasteiger charge is 2.41. The van der Waals surface area contributed by atoms with Crippen molar-refractivity contribution >= 4 is 46.4 Å². The van der Waals surface area contributed by atoms with Gasteiger partial charge in [-0.15, -0.1) is 0 Å². The van der Waals surface area contributed by atoms with E-state index in [4.69, 9.17) is 27.9 Å². The van der Waals surface area contributed by atoms with Crippen LogP contribution in [0.2, 0.25) is 10.0 Å². The Bertz CT molecular complexity index is 906. The first-order valence-electron chi connectivity index (χ1n) is 8.55. The van der Waals surface area contributed by atoms with Crippen LogP contribution >= 0.6 is 23.2 Å². The van der Waals surface area contributed by atoms with Crippen molar-refractivity contribution in [1.29, 1.82) is 0 Å². The number of carbonyl (C=O) groups excluding carboxylic acids is 2. The number of nitrogens with zero attached hydrogens (tertiary/aromatic N) is 1. The van der Waals surface area contributed by atoms with Gasteiger partial charge in [0.15, 0.2) is 6.61 Å². The topological polar surface area (TPSA) is 70.7 Å². The van der Waals surface area contributed by atoms with Gasteiger partial charge in [-0.3, -0.25) is 9.59 Å². The molecule has 0 bridgehead atoms. The summed E-state index contributed by atoms with van der Waals surface area (Å²) in [4.78, 5) is 26.6. The van der Waals surface area contributed by atoms with Gasteiger partial charge in [-0.1, -0.05) is 35.3 Å². The molecule has 1 fully saturated rings. The Hall–Kier alpha value is -2.44. The number of nitrogens with one attached hydrogen (secondary N) is 2. The maximum atomic E-state index is 12.3. The molecule has 0 radical (unpaired) electrons. The maximum absolute atomic E-state index is 12.3. The highest BCUT2D eigenvalue weighted by Crippen LogP contribution is 2.36. The first-order valence-corrected chi connectivity index (χ1v) is 9.30. The number of fused-ring (bicyclic) bond motifs is 3. The van der Waals surface area contributed by atoms with Crippen molar-refractivity contribution in [2.45, 2.75) is 18.5 Å². The number of carbonyl (C=O) groups is 2. The van der Waals surface area contributed by atoms with Gasteiger partial charge in [0.1, 0.15) is 11.8 Å². The lowest BCUT2D eigenvalue weighted by Gasteiger charge is -2.32. The van der Waals surface area contributed by atoms with Crippen molar-refractivity contribution in [3.63, 3.8) is 0 Å². The van der Waals surface area contributed by atoms with Gasteiger partial charge in [-0.05, 0) is 36.8 Å². The molecule has 2 unspecified atom stereocenters. The van der Waals surface area contributed by atoms with Crippen molar-refractivity contribution in [2.75, 3.05) is 23.4 Å². The van der Waals surface area contributed by atoms with E-state index in [2.05, 4.69) is 10.6 Å². The van der Waals surface area contributed by atoms with Crippen LogP contribution in [0.1, 0.15) is 6.42 Å². The molecule has 2 aromatic carbocycles. The summed E-state index contributed by atoms with van der Waals surface area (Å²) >= 11 is 11.9. The summed E-state index contributed by atoms with van der Waals surface area (Å²) < 4.78 is 5.46. The molecule has 2 aliphatic heterocycles. The number of hydrogen-bond acceptors (Lipinski definition) is 4. The van der Waals surface area contributed by atoms with Gasteiger partial charge < -0.3 is 20.3 Å². The average molecular weight is 406 g/mol. The van der Waals surface area contributed by atoms with Gasteiger partial charge in [0.2, 0.25) is 5.91 Å². The van der Waals surface area contributed by atoms with Crippen LogP contribution < -0.4 is 20.3 Å². The number of para-hydroxylation sites is 2. The lowest BCUT2D eigenvalue weighted by atomic mass is 10.1. The number of hydrogen-bond donors (Lipinski definition) is 2. The van der Waals surface area contributed by atoms with Gasteiger partial charge in [0.05, 0.1) is 16.4 Å². The van der Waals surface area contributed by atoms with Crippen LogP contribution in [-0.4, -0.2) is 37.0 Å². The molecular weight excluding hydrogens is 389 g/mol. The van der Waals surface area contributed by atoms with Gasteiger partial charge in [0, 0.05) is 17.6 Å². The average Bonchev–Trinajstić information content (AvgIpc) is 3.05. The molecule has 1 saturated heterocycles. The highest BCUT2D eigenvalue weighted by atomic mass is 35.5. The van der Waals surface area contributed by atoms with E-state index in [9.17, 15) is 9.59 Å². The molecule has 2 aromatic rings. The van der Waals surface area contributed by atoms with Crippen LogP contribution in [0, 0.1) is 0 Å². The molecule has 0 aromatic heterocycles. The lowest BCUT2D eigenvalue weighted by Crippen LogP contribution is -2.44. The molecule has 2 atom stereocenters. The predicted molar refractivity (Wildman–Crippen MR) is 105 cm³/mol. The van der Waals surface area contributed by atoms with E-state index < -0.39 is 0 Å². The Morgan fingerprint density at radius 3 is 2.89 bits per heavy atom. The van der Waals surface area contributed by atoms with Gasteiger partial charge in [-0.2, -0.15) is 0 Å². The number of anilines is 2. The summed E-state index contributed by atoms with van der Waals surface area (Å²) in [5.74, 6) is 0.0857. The molecule has 27 heavy (non-hydrogen) atoms. The summed E-state index contributed by atoms with van der Waals surface area (Å²) in [6, 6.07) is 12.1. The maximum Gasteiger partial charge on any atom is 0.258 e. The van der Waals surface area contributed by atoms with E-state index in [0.717, 1.165) is 11.4 Å². The normalized spacial score (nSPS) is 20.5. The monoisotopic (exact) mass is 405 g/mol. The van der Waals surface area contributed by atoms with Gasteiger partial charge in [0.25, 0.3) is 5.91 Å². The van der Waals surface area contributed by atoms with Gasteiger partial charge in [-0.25, -0.2) is 0 Å². The summed E-state index contributed by atoms with van der Waals surface area (Å²) in [6.07, 6.45) is 0.549. The fourth-order valence-electron chi connectivity index (χ4n) is 3.51. The van der Waals surface area contributed by atoms with Crippen LogP contribution in [0.3, 0.4) is 0 Å². The third kappa shape index (κ3) is 3.68. The van der Waals surface area contributed by atoms with Crippen LogP contribution in [0.4, 0.5) is 11.4 Å². The number of amides is 2. The first-order chi connectivity index (χ1) is 13.0. The Morgan fingerprint density at radius 1 is 1.26 bits per heavy atom. The molecule has 6 nitrogen and oxygen atoms in total. The quantitative estimate of drug-likeness (QED) is 0.819. The lowest BCUT2D eigenvalue weighted by molar-refractivity contribution is -0.124. The molecule has 0 saturated carbocycles. The van der Waals surface area contributed by atoms with Crippen molar-refractivity contribution in [3.05, 3.63) is 52.5 Å². The Balaban J connectivity index is 1.37. The molecule has 2 aliphatic rings. The third-order valence-electron chi connectivity index (χ3n) is 4.69. The van der Waals surface area contributed by atoms with E-state index in [-0.39, 0.29) is 30.5 Å². The minimum absolute atomic E-state index is 0.0466. The van der Waals surface area contributed by atoms with Crippen LogP contribution in [0.25, 0.3) is 0 Å². The Labute approximate surface area is 166 Å². The summed E-state index contributed by atoms with van der Waals surface area (Å²) in [5.41, 5.74) is 1.77. The van der Waals surface area contributed by atoms with Crippen molar-refractivity contribution in [1.82, 2.24) is 5.32 Å². The zero-order valence-electron chi connectivity index (χ0n) is 14.2. The molecule has 0 spiro atoms. The first kappa shape index (κ1) is 17.9. The van der Waals surface area contributed by atoms with E-state index in [1.54, 1.807) is 18.2 Å². The minimum Gasteiger partial charge on any atom is -0.482 e. The van der Waals surface area contributed by atoms with E-state index in [1.807, 2.05) is 29.2 Å². The second kappa shape index (κ2) is 7.29. The van der Waals surface area contributed by atoms with Crippen molar-refractivity contribution in [2.24, 2.45) is 0 Å². The molecular formula is C19H17Cl2N3O3. The fraction of sp³-hybridized carbons (Fsp3) is 0.263. The summed E-state index contributed by atoms with van der Waals surface area (Å²) in [5, 5.41) is 6.70.